The quantitative estimate of drug-likeness (QED) is 0.877. The average molecular weight is 259 g/mol. The number of hydrogen-bond donors (Lipinski definition) is 2. The first kappa shape index (κ1) is 12.9. The van der Waals surface area contributed by atoms with E-state index in [1.807, 2.05) is 0 Å². The Balaban J connectivity index is 1.83. The van der Waals surface area contributed by atoms with Gasteiger partial charge in [-0.1, -0.05) is 6.92 Å². The van der Waals surface area contributed by atoms with E-state index in [1.165, 1.54) is 55.3 Å². The van der Waals surface area contributed by atoms with Crippen LogP contribution < -0.4 is 11.1 Å². The highest BCUT2D eigenvalue weighted by molar-refractivity contribution is 5.49. The second kappa shape index (κ2) is 5.49. The number of nitrogens with zero attached hydrogens (tertiary/aromatic N) is 1. The zero-order valence-corrected chi connectivity index (χ0v) is 11.9. The topological polar surface area (TPSA) is 50.9 Å². The fraction of sp³-hybridized carbons (Fsp3) is 0.688. The number of hydrogen-bond acceptors (Lipinski definition) is 3. The summed E-state index contributed by atoms with van der Waals surface area (Å²) >= 11 is 0. The smallest absolute Gasteiger partial charge is 0.130 e. The normalized spacial score (nSPS) is 26.2. The minimum atomic E-state index is 0.588. The number of pyridine rings is 1. The Labute approximate surface area is 116 Å². The Kier molecular flexibility index (Phi) is 3.74. The van der Waals surface area contributed by atoms with Crippen molar-refractivity contribution in [3.05, 3.63) is 22.9 Å². The van der Waals surface area contributed by atoms with Crippen molar-refractivity contribution in [1.29, 1.82) is 0 Å². The van der Waals surface area contributed by atoms with Gasteiger partial charge in [-0.2, -0.15) is 0 Å². The maximum Gasteiger partial charge on any atom is 0.130 e. The zero-order valence-electron chi connectivity index (χ0n) is 11.9. The van der Waals surface area contributed by atoms with Crippen LogP contribution >= 0.6 is 0 Å². The molecule has 0 aliphatic heterocycles. The van der Waals surface area contributed by atoms with Crippen LogP contribution in [-0.2, 0) is 19.4 Å². The monoisotopic (exact) mass is 259 g/mol. The summed E-state index contributed by atoms with van der Waals surface area (Å²) in [4.78, 5) is 4.88. The number of fused-ring (bicyclic) bond motifs is 1. The van der Waals surface area contributed by atoms with Crippen molar-refractivity contribution in [2.75, 3.05) is 5.32 Å². The molecule has 3 nitrogen and oxygen atoms in total. The van der Waals surface area contributed by atoms with E-state index in [0.29, 0.717) is 12.6 Å². The second-order valence-electron chi connectivity index (χ2n) is 6.27. The molecule has 19 heavy (non-hydrogen) atoms. The molecule has 1 fully saturated rings. The minimum absolute atomic E-state index is 0.588. The summed E-state index contributed by atoms with van der Waals surface area (Å²) in [7, 11) is 0. The van der Waals surface area contributed by atoms with Crippen LogP contribution in [0.1, 0.15) is 55.8 Å². The molecule has 0 spiro atoms. The van der Waals surface area contributed by atoms with Crippen LogP contribution in [0.15, 0.2) is 6.07 Å². The molecule has 1 aromatic heterocycles. The van der Waals surface area contributed by atoms with E-state index >= 15 is 0 Å². The van der Waals surface area contributed by atoms with E-state index in [4.69, 9.17) is 10.7 Å². The van der Waals surface area contributed by atoms with Crippen LogP contribution in [0.2, 0.25) is 0 Å². The molecule has 0 radical (unpaired) electrons. The Bertz CT molecular complexity index is 456. The molecule has 1 heterocycles. The van der Waals surface area contributed by atoms with Crippen molar-refractivity contribution in [3.63, 3.8) is 0 Å². The highest BCUT2D eigenvalue weighted by atomic mass is 15.0. The Hall–Kier alpha value is -1.09. The van der Waals surface area contributed by atoms with Gasteiger partial charge >= 0.3 is 0 Å². The first-order valence-corrected chi connectivity index (χ1v) is 7.74. The summed E-state index contributed by atoms with van der Waals surface area (Å²) in [5, 5.41) is 3.65. The molecule has 2 aliphatic carbocycles. The summed E-state index contributed by atoms with van der Waals surface area (Å²) in [5.74, 6) is 1.90. The van der Waals surface area contributed by atoms with E-state index in [1.54, 1.807) is 0 Å². The van der Waals surface area contributed by atoms with Gasteiger partial charge < -0.3 is 11.1 Å². The molecule has 1 aromatic rings. The molecule has 2 unspecified atom stereocenters. The number of aryl methyl sites for hydroxylation is 2. The van der Waals surface area contributed by atoms with Gasteiger partial charge in [0.15, 0.2) is 0 Å². The molecule has 3 rings (SSSR count). The lowest BCUT2D eigenvalue weighted by molar-refractivity contribution is 0.601. The second-order valence-corrected chi connectivity index (χ2v) is 6.27. The fourth-order valence-corrected chi connectivity index (χ4v) is 3.49. The molecule has 3 N–H and O–H groups in total. The van der Waals surface area contributed by atoms with E-state index < -0.39 is 0 Å². The predicted molar refractivity (Wildman–Crippen MR) is 79.2 cm³/mol. The molecule has 2 atom stereocenters. The summed E-state index contributed by atoms with van der Waals surface area (Å²) in [5.41, 5.74) is 9.83. The van der Waals surface area contributed by atoms with Crippen molar-refractivity contribution in [1.82, 2.24) is 4.98 Å². The van der Waals surface area contributed by atoms with Crippen LogP contribution in [-0.4, -0.2) is 11.0 Å². The number of anilines is 1. The van der Waals surface area contributed by atoms with Gasteiger partial charge in [0, 0.05) is 23.8 Å². The van der Waals surface area contributed by atoms with Gasteiger partial charge in [0.05, 0.1) is 0 Å². The molecule has 1 saturated carbocycles. The lowest BCUT2D eigenvalue weighted by Gasteiger charge is -2.21. The van der Waals surface area contributed by atoms with Crippen LogP contribution in [0.25, 0.3) is 0 Å². The first-order chi connectivity index (χ1) is 9.26. The molecule has 0 amide bonds. The molecule has 2 aliphatic rings. The maximum atomic E-state index is 5.91. The molecular formula is C16H25N3. The van der Waals surface area contributed by atoms with Crippen molar-refractivity contribution in [2.24, 2.45) is 11.7 Å². The van der Waals surface area contributed by atoms with Gasteiger partial charge in [0.25, 0.3) is 0 Å². The van der Waals surface area contributed by atoms with Crippen LogP contribution in [0.5, 0.6) is 0 Å². The number of nitrogens with one attached hydrogen (secondary N) is 1. The van der Waals surface area contributed by atoms with Crippen LogP contribution in [0, 0.1) is 5.92 Å². The third-order valence-corrected chi connectivity index (χ3v) is 4.64. The van der Waals surface area contributed by atoms with E-state index in [0.717, 1.165) is 18.2 Å². The van der Waals surface area contributed by atoms with Gasteiger partial charge in [-0.05, 0) is 62.5 Å². The molecule has 0 saturated heterocycles. The molecule has 3 heteroatoms. The summed E-state index contributed by atoms with van der Waals surface area (Å²) in [6, 6.07) is 2.89. The van der Waals surface area contributed by atoms with Crippen molar-refractivity contribution >= 4 is 5.82 Å². The fourth-order valence-electron chi connectivity index (χ4n) is 3.49. The van der Waals surface area contributed by atoms with Crippen LogP contribution in [0.3, 0.4) is 0 Å². The molecule has 104 valence electrons. The van der Waals surface area contributed by atoms with E-state index in [9.17, 15) is 0 Å². The standard InChI is InChI=1S/C16H25N3/c1-11-6-7-14(8-11)18-16-13(10-17)9-12-4-2-3-5-15(12)19-16/h9,11,14H,2-8,10,17H2,1H3,(H,18,19). The van der Waals surface area contributed by atoms with Gasteiger partial charge in [-0.3, -0.25) is 0 Å². The van der Waals surface area contributed by atoms with Gasteiger partial charge in [0.1, 0.15) is 5.82 Å². The maximum absolute atomic E-state index is 5.91. The highest BCUT2D eigenvalue weighted by Gasteiger charge is 2.23. The number of rotatable bonds is 3. The van der Waals surface area contributed by atoms with Gasteiger partial charge in [0.2, 0.25) is 0 Å². The lowest BCUT2D eigenvalue weighted by atomic mass is 9.94. The highest BCUT2D eigenvalue weighted by Crippen LogP contribution is 2.30. The van der Waals surface area contributed by atoms with Gasteiger partial charge in [-0.15, -0.1) is 0 Å². The molecule has 0 aromatic carbocycles. The Morgan fingerprint density at radius 3 is 2.89 bits per heavy atom. The SMILES string of the molecule is CC1CCC(Nc2nc3c(cc2CN)CCCC3)C1. The largest absolute Gasteiger partial charge is 0.367 e. The minimum Gasteiger partial charge on any atom is -0.367 e. The lowest BCUT2D eigenvalue weighted by Crippen LogP contribution is -2.20. The number of nitrogens with two attached hydrogens (primary N) is 1. The average Bonchev–Trinajstić information content (AvgIpc) is 2.83. The summed E-state index contributed by atoms with van der Waals surface area (Å²) < 4.78 is 0. The van der Waals surface area contributed by atoms with Crippen LogP contribution in [0.4, 0.5) is 5.82 Å². The summed E-state index contributed by atoms with van der Waals surface area (Å²) in [6.07, 6.45) is 8.76. The first-order valence-electron chi connectivity index (χ1n) is 7.74. The number of aromatic nitrogens is 1. The predicted octanol–water partition coefficient (Wildman–Crippen LogP) is 3.02. The van der Waals surface area contributed by atoms with E-state index in [2.05, 4.69) is 18.3 Å². The summed E-state index contributed by atoms with van der Waals surface area (Å²) in [6.45, 7) is 2.93. The molecule has 0 bridgehead atoms. The molecular weight excluding hydrogens is 234 g/mol. The Morgan fingerprint density at radius 1 is 1.32 bits per heavy atom. The zero-order chi connectivity index (χ0) is 13.2. The van der Waals surface area contributed by atoms with Crippen molar-refractivity contribution in [3.8, 4) is 0 Å². The Morgan fingerprint density at radius 2 is 2.16 bits per heavy atom. The third-order valence-electron chi connectivity index (χ3n) is 4.64. The van der Waals surface area contributed by atoms with Crippen molar-refractivity contribution < 1.29 is 0 Å². The third kappa shape index (κ3) is 2.76. The van der Waals surface area contributed by atoms with Gasteiger partial charge in [-0.25, -0.2) is 4.98 Å². The van der Waals surface area contributed by atoms with E-state index in [-0.39, 0.29) is 0 Å². The van der Waals surface area contributed by atoms with Crippen molar-refractivity contribution in [2.45, 2.75) is 64.5 Å².